The summed E-state index contributed by atoms with van der Waals surface area (Å²) in [7, 11) is 0. The lowest BCUT2D eigenvalue weighted by Crippen LogP contribution is -2.35. The van der Waals surface area contributed by atoms with Gasteiger partial charge in [-0.1, -0.05) is 6.07 Å². The molecule has 4 nitrogen and oxygen atoms in total. The molecule has 0 spiro atoms. The maximum atomic E-state index is 13.4. The molecule has 3 aromatic rings. The van der Waals surface area contributed by atoms with Crippen LogP contribution in [0.15, 0.2) is 41.4 Å². The van der Waals surface area contributed by atoms with Crippen molar-refractivity contribution in [3.8, 4) is 10.6 Å². The van der Waals surface area contributed by atoms with Crippen LogP contribution in [0, 0.1) is 5.82 Å². The Balaban J connectivity index is 1.60. The Kier molecular flexibility index (Phi) is 3.21. The molecule has 1 aromatic heterocycles. The first-order chi connectivity index (χ1) is 12.2. The SMILES string of the molecule is O=C1c2ccc(-c3nc4ccc(F)cc4s3)cc2N=C[C@@H]2CCCN12. The van der Waals surface area contributed by atoms with Crippen molar-refractivity contribution in [1.29, 1.82) is 0 Å². The first kappa shape index (κ1) is 14.7. The second-order valence-electron chi connectivity index (χ2n) is 6.35. The van der Waals surface area contributed by atoms with Gasteiger partial charge in [0.05, 0.1) is 27.5 Å². The molecule has 2 aliphatic heterocycles. The molecule has 1 fully saturated rings. The molecule has 25 heavy (non-hydrogen) atoms. The van der Waals surface area contributed by atoms with Crippen molar-refractivity contribution in [3.05, 3.63) is 47.8 Å². The molecule has 5 rings (SSSR count). The molecule has 0 bridgehead atoms. The summed E-state index contributed by atoms with van der Waals surface area (Å²) in [6.07, 6.45) is 3.88. The number of aromatic nitrogens is 1. The summed E-state index contributed by atoms with van der Waals surface area (Å²) in [4.78, 5) is 23.8. The van der Waals surface area contributed by atoms with Gasteiger partial charge in [0.2, 0.25) is 0 Å². The van der Waals surface area contributed by atoms with Gasteiger partial charge in [0.25, 0.3) is 5.91 Å². The van der Waals surface area contributed by atoms with Gasteiger partial charge in [-0.25, -0.2) is 9.37 Å². The van der Waals surface area contributed by atoms with Crippen molar-refractivity contribution in [3.63, 3.8) is 0 Å². The molecule has 124 valence electrons. The number of carbonyl (C=O) groups excluding carboxylic acids is 1. The van der Waals surface area contributed by atoms with Crippen LogP contribution >= 0.6 is 11.3 Å². The quantitative estimate of drug-likeness (QED) is 0.651. The van der Waals surface area contributed by atoms with E-state index in [4.69, 9.17) is 0 Å². The van der Waals surface area contributed by atoms with E-state index in [1.54, 1.807) is 6.07 Å². The molecular weight excluding hydrogens is 337 g/mol. The molecule has 0 radical (unpaired) electrons. The number of hydrogen-bond acceptors (Lipinski definition) is 4. The Morgan fingerprint density at radius 3 is 3.04 bits per heavy atom. The number of rotatable bonds is 1. The lowest BCUT2D eigenvalue weighted by atomic mass is 10.1. The minimum Gasteiger partial charge on any atom is -0.331 e. The highest BCUT2D eigenvalue weighted by Crippen LogP contribution is 2.35. The molecule has 0 N–H and O–H groups in total. The average Bonchev–Trinajstić information content (AvgIpc) is 3.22. The number of halogens is 1. The third-order valence-corrected chi connectivity index (χ3v) is 5.84. The van der Waals surface area contributed by atoms with Crippen LogP contribution in [-0.2, 0) is 0 Å². The Labute approximate surface area is 147 Å². The Morgan fingerprint density at radius 1 is 1.20 bits per heavy atom. The number of nitrogens with zero attached hydrogens (tertiary/aromatic N) is 3. The minimum atomic E-state index is -0.264. The lowest BCUT2D eigenvalue weighted by Gasteiger charge is -2.19. The predicted octanol–water partition coefficient (Wildman–Crippen LogP) is 4.42. The van der Waals surface area contributed by atoms with E-state index < -0.39 is 0 Å². The second-order valence-corrected chi connectivity index (χ2v) is 7.38. The van der Waals surface area contributed by atoms with Crippen LogP contribution in [0.4, 0.5) is 10.1 Å². The smallest absolute Gasteiger partial charge is 0.256 e. The zero-order chi connectivity index (χ0) is 17.0. The summed E-state index contributed by atoms with van der Waals surface area (Å²) in [6, 6.07) is 10.3. The van der Waals surface area contributed by atoms with Gasteiger partial charge in [0.1, 0.15) is 10.8 Å². The maximum absolute atomic E-state index is 13.4. The lowest BCUT2D eigenvalue weighted by molar-refractivity contribution is 0.0775. The first-order valence-electron chi connectivity index (χ1n) is 8.25. The summed E-state index contributed by atoms with van der Waals surface area (Å²) < 4.78 is 14.2. The van der Waals surface area contributed by atoms with Gasteiger partial charge in [-0.3, -0.25) is 9.79 Å². The number of fused-ring (bicyclic) bond motifs is 3. The van der Waals surface area contributed by atoms with E-state index in [-0.39, 0.29) is 17.8 Å². The number of carbonyl (C=O) groups is 1. The van der Waals surface area contributed by atoms with Crippen LogP contribution in [0.2, 0.25) is 0 Å². The fourth-order valence-electron chi connectivity index (χ4n) is 3.49. The molecule has 1 saturated heterocycles. The van der Waals surface area contributed by atoms with Crippen LogP contribution in [0.1, 0.15) is 23.2 Å². The maximum Gasteiger partial charge on any atom is 0.256 e. The second kappa shape index (κ2) is 5.46. The van der Waals surface area contributed by atoms with Gasteiger partial charge in [0, 0.05) is 18.3 Å². The van der Waals surface area contributed by atoms with Gasteiger partial charge in [-0.05, 0) is 43.2 Å². The molecule has 2 aliphatic rings. The first-order valence-corrected chi connectivity index (χ1v) is 9.06. The van der Waals surface area contributed by atoms with Crippen molar-refractivity contribution in [2.75, 3.05) is 6.54 Å². The van der Waals surface area contributed by atoms with Gasteiger partial charge < -0.3 is 4.90 Å². The monoisotopic (exact) mass is 351 g/mol. The summed E-state index contributed by atoms with van der Waals surface area (Å²) in [5.74, 6) is -0.215. The van der Waals surface area contributed by atoms with Gasteiger partial charge in [-0.15, -0.1) is 11.3 Å². The van der Waals surface area contributed by atoms with Crippen LogP contribution in [0.25, 0.3) is 20.8 Å². The van der Waals surface area contributed by atoms with Crippen LogP contribution in [-0.4, -0.2) is 34.6 Å². The minimum absolute atomic E-state index is 0.0490. The van der Waals surface area contributed by atoms with E-state index in [2.05, 4.69) is 9.98 Å². The van der Waals surface area contributed by atoms with Crippen molar-refractivity contribution >= 4 is 39.4 Å². The van der Waals surface area contributed by atoms with Crippen LogP contribution < -0.4 is 0 Å². The zero-order valence-electron chi connectivity index (χ0n) is 13.3. The normalized spacial score (nSPS) is 19.2. The highest BCUT2D eigenvalue weighted by Gasteiger charge is 2.31. The standard InChI is InChI=1S/C19H14FN3OS/c20-12-4-6-15-17(9-12)25-18(22-15)11-3-5-14-16(8-11)21-10-13-2-1-7-23(13)19(14)24/h3-6,8-10,13H,1-2,7H2/t13-/m0/s1. The Bertz CT molecular complexity index is 1040. The Morgan fingerprint density at radius 2 is 2.12 bits per heavy atom. The summed E-state index contributed by atoms with van der Waals surface area (Å²) in [5, 5.41) is 0.802. The van der Waals surface area contributed by atoms with Crippen molar-refractivity contribution < 1.29 is 9.18 Å². The van der Waals surface area contributed by atoms with E-state index in [1.165, 1.54) is 23.5 Å². The molecular formula is C19H14FN3OS. The number of hydrogen-bond donors (Lipinski definition) is 0. The molecule has 3 heterocycles. The molecule has 0 unspecified atom stereocenters. The average molecular weight is 351 g/mol. The van der Waals surface area contributed by atoms with E-state index >= 15 is 0 Å². The third kappa shape index (κ3) is 2.36. The van der Waals surface area contributed by atoms with Crippen LogP contribution in [0.5, 0.6) is 0 Å². The molecule has 6 heteroatoms. The van der Waals surface area contributed by atoms with Crippen molar-refractivity contribution in [1.82, 2.24) is 9.88 Å². The highest BCUT2D eigenvalue weighted by atomic mass is 32.1. The molecule has 0 aliphatic carbocycles. The van der Waals surface area contributed by atoms with Gasteiger partial charge in [0.15, 0.2) is 0 Å². The highest BCUT2D eigenvalue weighted by molar-refractivity contribution is 7.21. The number of benzene rings is 2. The number of thiazole rings is 1. The number of amides is 1. The molecule has 1 amide bonds. The molecule has 2 aromatic carbocycles. The molecule has 0 saturated carbocycles. The predicted molar refractivity (Wildman–Crippen MR) is 97.2 cm³/mol. The Hall–Kier alpha value is -2.60. The van der Waals surface area contributed by atoms with Crippen molar-refractivity contribution in [2.45, 2.75) is 18.9 Å². The summed E-state index contributed by atoms with van der Waals surface area (Å²) >= 11 is 1.44. The fraction of sp³-hybridized carbons (Fsp3) is 0.211. The number of aliphatic imine (C=N–C) groups is 1. The van der Waals surface area contributed by atoms with Gasteiger partial charge in [-0.2, -0.15) is 0 Å². The van der Waals surface area contributed by atoms with Gasteiger partial charge >= 0.3 is 0 Å². The van der Waals surface area contributed by atoms with Crippen molar-refractivity contribution in [2.24, 2.45) is 4.99 Å². The largest absolute Gasteiger partial charge is 0.331 e. The van der Waals surface area contributed by atoms with E-state index in [0.717, 1.165) is 40.2 Å². The zero-order valence-corrected chi connectivity index (χ0v) is 14.1. The third-order valence-electron chi connectivity index (χ3n) is 4.77. The van der Waals surface area contributed by atoms with E-state index in [1.807, 2.05) is 29.3 Å². The molecule has 1 atom stereocenters. The summed E-state index contributed by atoms with van der Waals surface area (Å²) in [5.41, 5.74) is 2.99. The summed E-state index contributed by atoms with van der Waals surface area (Å²) in [6.45, 7) is 0.792. The van der Waals surface area contributed by atoms with E-state index in [9.17, 15) is 9.18 Å². The van der Waals surface area contributed by atoms with Crippen LogP contribution in [0.3, 0.4) is 0 Å². The topological polar surface area (TPSA) is 45.6 Å². The van der Waals surface area contributed by atoms with E-state index in [0.29, 0.717) is 11.3 Å². The fourth-order valence-corrected chi connectivity index (χ4v) is 4.48.